The fourth-order valence-corrected chi connectivity index (χ4v) is 1.67. The van der Waals surface area contributed by atoms with Gasteiger partial charge in [0.25, 0.3) is 0 Å². The van der Waals surface area contributed by atoms with Gasteiger partial charge in [-0.1, -0.05) is 17.7 Å². The molecular weight excluding hydrogens is 285 g/mol. The number of rotatable bonds is 3. The largest absolute Gasteiger partial charge is 0.457 e. The van der Waals surface area contributed by atoms with Gasteiger partial charge in [0.2, 0.25) is 0 Å². The van der Waals surface area contributed by atoms with Crippen LogP contribution in [0, 0.1) is 11.3 Å². The van der Waals surface area contributed by atoms with Crippen molar-refractivity contribution in [3.05, 3.63) is 53.1 Å². The average Bonchev–Trinajstić information content (AvgIpc) is 2.39. The van der Waals surface area contributed by atoms with Crippen molar-refractivity contribution >= 4 is 29.7 Å². The van der Waals surface area contributed by atoms with Crippen molar-refractivity contribution in [2.24, 2.45) is 5.84 Å². The molecule has 19 heavy (non-hydrogen) atoms. The molecule has 0 spiro atoms. The Bertz CT molecular complexity index is 611. The number of nitrogens with zero attached hydrogens (tertiary/aromatic N) is 1. The summed E-state index contributed by atoms with van der Waals surface area (Å²) in [7, 11) is 0. The Kier molecular flexibility index (Phi) is 5.46. The van der Waals surface area contributed by atoms with E-state index in [1.54, 1.807) is 42.5 Å². The van der Waals surface area contributed by atoms with Crippen molar-refractivity contribution in [3.8, 4) is 17.6 Å². The highest BCUT2D eigenvalue weighted by Crippen LogP contribution is 2.29. The lowest BCUT2D eigenvalue weighted by Gasteiger charge is -2.08. The van der Waals surface area contributed by atoms with Crippen LogP contribution in [0.2, 0.25) is 5.02 Å². The molecule has 0 atom stereocenters. The van der Waals surface area contributed by atoms with Crippen molar-refractivity contribution in [2.45, 2.75) is 0 Å². The van der Waals surface area contributed by atoms with E-state index in [1.165, 1.54) is 0 Å². The lowest BCUT2D eigenvalue weighted by Crippen LogP contribution is -2.06. The van der Waals surface area contributed by atoms with Crippen LogP contribution < -0.4 is 16.0 Å². The van der Waals surface area contributed by atoms with Crippen LogP contribution in [0.5, 0.6) is 11.5 Å². The van der Waals surface area contributed by atoms with Crippen LogP contribution >= 0.6 is 24.0 Å². The summed E-state index contributed by atoms with van der Waals surface area (Å²) in [4.78, 5) is 0. The SMILES string of the molecule is Cl.N#Cc1cccc(Oc2ccc(NN)c(Cl)c2)c1. The minimum absolute atomic E-state index is 0. The maximum absolute atomic E-state index is 8.79. The van der Waals surface area contributed by atoms with Gasteiger partial charge in [-0.3, -0.25) is 5.84 Å². The third-order valence-corrected chi connectivity index (χ3v) is 2.61. The van der Waals surface area contributed by atoms with E-state index >= 15 is 0 Å². The van der Waals surface area contributed by atoms with Crippen LogP contribution in [0.15, 0.2) is 42.5 Å². The highest BCUT2D eigenvalue weighted by molar-refractivity contribution is 6.33. The smallest absolute Gasteiger partial charge is 0.129 e. The van der Waals surface area contributed by atoms with E-state index in [-0.39, 0.29) is 12.4 Å². The summed E-state index contributed by atoms with van der Waals surface area (Å²) in [6.45, 7) is 0. The first-order chi connectivity index (χ1) is 8.72. The molecule has 0 saturated heterocycles. The van der Waals surface area contributed by atoms with Crippen LogP contribution in [0.25, 0.3) is 0 Å². The number of hydrogen-bond acceptors (Lipinski definition) is 4. The molecule has 2 rings (SSSR count). The molecule has 2 aromatic rings. The van der Waals surface area contributed by atoms with Crippen molar-refractivity contribution in [2.75, 3.05) is 5.43 Å². The summed E-state index contributed by atoms with van der Waals surface area (Å²) >= 11 is 5.98. The lowest BCUT2D eigenvalue weighted by molar-refractivity contribution is 0.482. The predicted molar refractivity (Wildman–Crippen MR) is 77.7 cm³/mol. The normalized spacial score (nSPS) is 9.11. The van der Waals surface area contributed by atoms with E-state index in [2.05, 4.69) is 11.5 Å². The van der Waals surface area contributed by atoms with Crippen LogP contribution in [-0.4, -0.2) is 0 Å². The quantitative estimate of drug-likeness (QED) is 0.669. The van der Waals surface area contributed by atoms with Crippen molar-refractivity contribution in [1.82, 2.24) is 0 Å². The monoisotopic (exact) mass is 295 g/mol. The maximum Gasteiger partial charge on any atom is 0.129 e. The van der Waals surface area contributed by atoms with E-state index in [0.717, 1.165) is 0 Å². The van der Waals surface area contributed by atoms with Gasteiger partial charge in [0.05, 0.1) is 22.3 Å². The van der Waals surface area contributed by atoms with Crippen LogP contribution in [-0.2, 0) is 0 Å². The topological polar surface area (TPSA) is 71.1 Å². The highest BCUT2D eigenvalue weighted by atomic mass is 35.5. The number of anilines is 1. The number of nitrogens with two attached hydrogens (primary N) is 1. The second-order valence-corrected chi connectivity index (χ2v) is 3.93. The molecule has 0 radical (unpaired) electrons. The zero-order valence-electron chi connectivity index (χ0n) is 9.76. The standard InChI is InChI=1S/C13H10ClN3O.ClH/c14-12-7-11(4-5-13(12)17-16)18-10-3-1-2-9(6-10)8-15;/h1-7,17H,16H2;1H. The number of hydrogen-bond donors (Lipinski definition) is 2. The van der Waals surface area contributed by atoms with Gasteiger partial charge >= 0.3 is 0 Å². The third kappa shape index (κ3) is 3.76. The molecule has 0 unspecified atom stereocenters. The number of nitrogen functional groups attached to an aromatic ring is 1. The summed E-state index contributed by atoms with van der Waals surface area (Å²) in [6.07, 6.45) is 0. The molecule has 0 saturated carbocycles. The molecule has 0 aliphatic rings. The molecule has 3 N–H and O–H groups in total. The lowest BCUT2D eigenvalue weighted by atomic mass is 10.2. The second-order valence-electron chi connectivity index (χ2n) is 3.53. The first-order valence-electron chi connectivity index (χ1n) is 5.17. The van der Waals surface area contributed by atoms with Crippen molar-refractivity contribution in [1.29, 1.82) is 5.26 Å². The Balaban J connectivity index is 0.00000180. The van der Waals surface area contributed by atoms with Gasteiger partial charge in [-0.25, -0.2) is 0 Å². The summed E-state index contributed by atoms with van der Waals surface area (Å²) in [5.74, 6) is 6.44. The van der Waals surface area contributed by atoms with Gasteiger partial charge in [0.15, 0.2) is 0 Å². The maximum atomic E-state index is 8.79. The fourth-order valence-electron chi connectivity index (χ4n) is 1.44. The molecule has 0 fully saturated rings. The minimum atomic E-state index is 0. The molecule has 98 valence electrons. The van der Waals surface area contributed by atoms with Crippen LogP contribution in [0.1, 0.15) is 5.56 Å². The van der Waals surface area contributed by atoms with Crippen molar-refractivity contribution in [3.63, 3.8) is 0 Å². The highest BCUT2D eigenvalue weighted by Gasteiger charge is 2.03. The number of ether oxygens (including phenoxy) is 1. The van der Waals surface area contributed by atoms with Gasteiger partial charge in [0, 0.05) is 6.07 Å². The van der Waals surface area contributed by atoms with E-state index in [4.69, 9.17) is 27.4 Å². The molecule has 4 nitrogen and oxygen atoms in total. The molecular formula is C13H11Cl2N3O. The summed E-state index contributed by atoms with van der Waals surface area (Å²) in [5.41, 5.74) is 3.63. The summed E-state index contributed by atoms with van der Waals surface area (Å²) < 4.78 is 5.60. The van der Waals surface area contributed by atoms with Crippen LogP contribution in [0.3, 0.4) is 0 Å². The van der Waals surface area contributed by atoms with E-state index in [9.17, 15) is 0 Å². The van der Waals surface area contributed by atoms with E-state index in [0.29, 0.717) is 27.8 Å². The molecule has 0 heterocycles. The van der Waals surface area contributed by atoms with Crippen molar-refractivity contribution < 1.29 is 4.74 Å². The Hall–Kier alpha value is -1.93. The first kappa shape index (κ1) is 15.1. The molecule has 2 aromatic carbocycles. The Morgan fingerprint density at radius 1 is 1.16 bits per heavy atom. The summed E-state index contributed by atoms with van der Waals surface area (Å²) in [5, 5.41) is 9.26. The zero-order valence-corrected chi connectivity index (χ0v) is 11.3. The zero-order chi connectivity index (χ0) is 13.0. The van der Waals surface area contributed by atoms with Gasteiger partial charge < -0.3 is 10.2 Å². The first-order valence-corrected chi connectivity index (χ1v) is 5.55. The molecule has 0 aliphatic carbocycles. The predicted octanol–water partition coefficient (Wildman–Crippen LogP) is 3.71. The molecule has 0 amide bonds. The number of halogens is 2. The summed E-state index contributed by atoms with van der Waals surface area (Å²) in [6, 6.07) is 14.0. The number of hydrazine groups is 1. The molecule has 0 aromatic heterocycles. The second kappa shape index (κ2) is 6.86. The van der Waals surface area contributed by atoms with E-state index in [1.807, 2.05) is 0 Å². The number of nitriles is 1. The number of nitrogens with one attached hydrogen (secondary N) is 1. The average molecular weight is 296 g/mol. The van der Waals surface area contributed by atoms with Crippen LogP contribution in [0.4, 0.5) is 5.69 Å². The van der Waals surface area contributed by atoms with Gasteiger partial charge in [0.1, 0.15) is 11.5 Å². The fraction of sp³-hybridized carbons (Fsp3) is 0. The Labute approximate surface area is 122 Å². The van der Waals surface area contributed by atoms with Gasteiger partial charge in [-0.05, 0) is 30.3 Å². The van der Waals surface area contributed by atoms with Gasteiger partial charge in [-0.15, -0.1) is 12.4 Å². The third-order valence-electron chi connectivity index (χ3n) is 2.29. The molecule has 0 bridgehead atoms. The molecule has 0 aliphatic heterocycles. The Morgan fingerprint density at radius 2 is 1.89 bits per heavy atom. The molecule has 6 heteroatoms. The Morgan fingerprint density at radius 3 is 2.53 bits per heavy atom. The minimum Gasteiger partial charge on any atom is -0.457 e. The number of benzene rings is 2. The van der Waals surface area contributed by atoms with Gasteiger partial charge in [-0.2, -0.15) is 5.26 Å². The van der Waals surface area contributed by atoms with E-state index < -0.39 is 0 Å².